The Bertz CT molecular complexity index is 971. The van der Waals surface area contributed by atoms with Gasteiger partial charge in [0.25, 0.3) is 11.8 Å². The highest BCUT2D eigenvalue weighted by molar-refractivity contribution is 7.09. The third-order valence-corrected chi connectivity index (χ3v) is 6.54. The van der Waals surface area contributed by atoms with Gasteiger partial charge >= 0.3 is 5.97 Å². The Hall–Kier alpha value is -2.52. The van der Waals surface area contributed by atoms with Gasteiger partial charge < -0.3 is 15.0 Å². The zero-order chi connectivity index (χ0) is 23.3. The summed E-state index contributed by atoms with van der Waals surface area (Å²) in [4.78, 5) is 42.7. The predicted molar refractivity (Wildman–Crippen MR) is 120 cm³/mol. The normalized spacial score (nSPS) is 15.3. The lowest BCUT2D eigenvalue weighted by molar-refractivity contribution is -0.143. The number of likely N-dealkylation sites (tertiary alicyclic amines) is 1. The van der Waals surface area contributed by atoms with Crippen LogP contribution in [0.15, 0.2) is 23.6 Å². The second-order valence-corrected chi connectivity index (χ2v) is 8.91. The van der Waals surface area contributed by atoms with E-state index in [0.717, 1.165) is 5.01 Å². The van der Waals surface area contributed by atoms with E-state index < -0.39 is 11.7 Å². The Balaban J connectivity index is 1.55. The molecule has 1 fully saturated rings. The molecule has 2 heterocycles. The highest BCUT2D eigenvalue weighted by Gasteiger charge is 2.29. The van der Waals surface area contributed by atoms with E-state index in [1.807, 2.05) is 0 Å². The molecule has 1 aromatic heterocycles. The molecule has 172 valence electrons. The number of amides is 2. The van der Waals surface area contributed by atoms with Crippen LogP contribution in [0.5, 0.6) is 0 Å². The SMILES string of the molecule is CCOC(=O)C[C@H](C)NC(=O)c1csc(C2CCN(C(=O)c3c(F)cccc3Cl)CC2)n1. The predicted octanol–water partition coefficient (Wildman–Crippen LogP) is 4.03. The molecule has 1 N–H and O–H groups in total. The van der Waals surface area contributed by atoms with Crippen molar-refractivity contribution in [2.24, 2.45) is 0 Å². The number of benzene rings is 1. The van der Waals surface area contributed by atoms with Crippen molar-refractivity contribution in [3.8, 4) is 0 Å². The average molecular weight is 482 g/mol. The van der Waals surface area contributed by atoms with Crippen molar-refractivity contribution in [2.75, 3.05) is 19.7 Å². The van der Waals surface area contributed by atoms with Gasteiger partial charge in [-0.1, -0.05) is 17.7 Å². The van der Waals surface area contributed by atoms with Gasteiger partial charge in [0, 0.05) is 30.4 Å². The van der Waals surface area contributed by atoms with Crippen molar-refractivity contribution in [3.63, 3.8) is 0 Å². The van der Waals surface area contributed by atoms with E-state index >= 15 is 0 Å². The maximum atomic E-state index is 14.1. The first-order valence-corrected chi connectivity index (χ1v) is 11.7. The van der Waals surface area contributed by atoms with Crippen LogP contribution in [0.4, 0.5) is 4.39 Å². The monoisotopic (exact) mass is 481 g/mol. The van der Waals surface area contributed by atoms with E-state index in [0.29, 0.717) is 38.2 Å². The van der Waals surface area contributed by atoms with E-state index in [1.165, 1.54) is 29.5 Å². The number of aromatic nitrogens is 1. The molecule has 10 heteroatoms. The number of piperidine rings is 1. The molecular formula is C22H25ClFN3O4S. The molecule has 3 rings (SSSR count). The molecule has 2 amide bonds. The second-order valence-electron chi connectivity index (χ2n) is 7.62. The fraction of sp³-hybridized carbons (Fsp3) is 0.455. The zero-order valence-electron chi connectivity index (χ0n) is 17.9. The Morgan fingerprint density at radius 2 is 2.06 bits per heavy atom. The number of halogens is 2. The number of nitrogens with one attached hydrogen (secondary N) is 1. The molecule has 0 unspecified atom stereocenters. The van der Waals surface area contributed by atoms with Gasteiger partial charge in [-0.05, 0) is 38.8 Å². The number of hydrogen-bond acceptors (Lipinski definition) is 6. The van der Waals surface area contributed by atoms with Crippen LogP contribution in [0, 0.1) is 5.82 Å². The molecule has 0 bridgehead atoms. The molecule has 32 heavy (non-hydrogen) atoms. The van der Waals surface area contributed by atoms with Gasteiger partial charge in [0.15, 0.2) is 0 Å². The number of ether oxygens (including phenoxy) is 1. The smallest absolute Gasteiger partial charge is 0.307 e. The van der Waals surface area contributed by atoms with Gasteiger partial charge in [0.1, 0.15) is 11.5 Å². The standard InChI is InChI=1S/C22H25ClFN3O4S/c1-3-31-18(28)11-13(2)25-20(29)17-12-32-21(26-17)14-7-9-27(10-8-14)22(30)19-15(23)5-4-6-16(19)24/h4-6,12-14H,3,7-11H2,1-2H3,(H,25,29)/t13-/m0/s1. The lowest BCUT2D eigenvalue weighted by Gasteiger charge is -2.31. The van der Waals surface area contributed by atoms with Crippen molar-refractivity contribution < 1.29 is 23.5 Å². The minimum atomic E-state index is -0.627. The first-order chi connectivity index (χ1) is 15.3. The van der Waals surface area contributed by atoms with E-state index in [4.69, 9.17) is 16.3 Å². The van der Waals surface area contributed by atoms with E-state index in [2.05, 4.69) is 10.3 Å². The van der Waals surface area contributed by atoms with Gasteiger partial charge in [0.2, 0.25) is 0 Å². The molecular weight excluding hydrogens is 457 g/mol. The highest BCUT2D eigenvalue weighted by Crippen LogP contribution is 2.32. The molecule has 1 aromatic carbocycles. The molecule has 1 aliphatic rings. The number of carbonyl (C=O) groups excluding carboxylic acids is 3. The highest BCUT2D eigenvalue weighted by atomic mass is 35.5. The molecule has 1 atom stereocenters. The van der Waals surface area contributed by atoms with E-state index in [1.54, 1.807) is 24.1 Å². The lowest BCUT2D eigenvalue weighted by atomic mass is 9.97. The summed E-state index contributed by atoms with van der Waals surface area (Å²) in [6, 6.07) is 3.82. The first-order valence-electron chi connectivity index (χ1n) is 10.4. The summed E-state index contributed by atoms with van der Waals surface area (Å²) in [5.41, 5.74) is 0.204. The summed E-state index contributed by atoms with van der Waals surface area (Å²) in [7, 11) is 0. The van der Waals surface area contributed by atoms with Crippen LogP contribution >= 0.6 is 22.9 Å². The molecule has 1 saturated heterocycles. The molecule has 0 aliphatic carbocycles. The van der Waals surface area contributed by atoms with Crippen molar-refractivity contribution in [1.29, 1.82) is 0 Å². The first kappa shape index (κ1) is 24.1. The third-order valence-electron chi connectivity index (χ3n) is 5.22. The van der Waals surface area contributed by atoms with Gasteiger partial charge in [-0.2, -0.15) is 0 Å². The molecule has 7 nitrogen and oxygen atoms in total. The second kappa shape index (κ2) is 10.9. The molecule has 1 aliphatic heterocycles. The molecule has 0 spiro atoms. The van der Waals surface area contributed by atoms with Crippen LogP contribution in [0.3, 0.4) is 0 Å². The van der Waals surface area contributed by atoms with Crippen LogP contribution < -0.4 is 5.32 Å². The van der Waals surface area contributed by atoms with Crippen LogP contribution in [-0.2, 0) is 9.53 Å². The van der Waals surface area contributed by atoms with Crippen LogP contribution in [0.25, 0.3) is 0 Å². The summed E-state index contributed by atoms with van der Waals surface area (Å²) in [5, 5.41) is 5.37. The molecule has 0 radical (unpaired) electrons. The fourth-order valence-electron chi connectivity index (χ4n) is 3.59. The summed E-state index contributed by atoms with van der Waals surface area (Å²) < 4.78 is 19.0. The maximum Gasteiger partial charge on any atom is 0.307 e. The average Bonchev–Trinajstić information content (AvgIpc) is 3.24. The number of rotatable bonds is 7. The van der Waals surface area contributed by atoms with Gasteiger partial charge in [0.05, 0.1) is 28.6 Å². The number of nitrogens with zero attached hydrogens (tertiary/aromatic N) is 2. The quantitative estimate of drug-likeness (QED) is 0.603. The van der Waals surface area contributed by atoms with Gasteiger partial charge in [-0.15, -0.1) is 11.3 Å². The summed E-state index contributed by atoms with van der Waals surface area (Å²) in [6.45, 7) is 4.66. The Kier molecular flexibility index (Phi) is 8.20. The number of thiazole rings is 1. The Morgan fingerprint density at radius 3 is 2.72 bits per heavy atom. The largest absolute Gasteiger partial charge is 0.466 e. The third kappa shape index (κ3) is 5.83. The lowest BCUT2D eigenvalue weighted by Crippen LogP contribution is -2.38. The van der Waals surface area contributed by atoms with Crippen molar-refractivity contribution in [1.82, 2.24) is 15.2 Å². The molecule has 0 saturated carbocycles. The van der Waals surface area contributed by atoms with Crippen LogP contribution in [-0.4, -0.2) is 53.4 Å². The van der Waals surface area contributed by atoms with Crippen molar-refractivity contribution >= 4 is 40.7 Å². The minimum Gasteiger partial charge on any atom is -0.466 e. The topological polar surface area (TPSA) is 88.6 Å². The zero-order valence-corrected chi connectivity index (χ0v) is 19.5. The summed E-state index contributed by atoms with van der Waals surface area (Å²) in [6.07, 6.45) is 1.41. The Morgan fingerprint density at radius 1 is 1.34 bits per heavy atom. The minimum absolute atomic E-state index is 0.0923. The number of hydrogen-bond donors (Lipinski definition) is 1. The Labute approximate surface area is 194 Å². The van der Waals surface area contributed by atoms with Crippen molar-refractivity contribution in [3.05, 3.63) is 50.7 Å². The van der Waals surface area contributed by atoms with E-state index in [9.17, 15) is 18.8 Å². The number of carbonyl (C=O) groups is 3. The van der Waals surface area contributed by atoms with Crippen LogP contribution in [0.1, 0.15) is 64.9 Å². The summed E-state index contributed by atoms with van der Waals surface area (Å²) >= 11 is 7.42. The van der Waals surface area contributed by atoms with Crippen molar-refractivity contribution in [2.45, 2.75) is 45.1 Å². The fourth-order valence-corrected chi connectivity index (χ4v) is 4.80. The molecule has 2 aromatic rings. The van der Waals surface area contributed by atoms with Gasteiger partial charge in [-0.3, -0.25) is 14.4 Å². The maximum absolute atomic E-state index is 14.1. The van der Waals surface area contributed by atoms with Gasteiger partial charge in [-0.25, -0.2) is 9.37 Å². The van der Waals surface area contributed by atoms with Crippen LogP contribution in [0.2, 0.25) is 5.02 Å². The summed E-state index contributed by atoms with van der Waals surface area (Å²) in [5.74, 6) is -1.64. The van der Waals surface area contributed by atoms with E-state index in [-0.39, 0.29) is 40.8 Å². The number of esters is 1.